The molecule has 1 aromatic rings. The monoisotopic (exact) mass is 315 g/mol. The molecule has 1 fully saturated rings. The van der Waals surface area contributed by atoms with Crippen molar-refractivity contribution in [2.24, 2.45) is 5.92 Å². The maximum Gasteiger partial charge on any atom is 0.233 e. The van der Waals surface area contributed by atoms with E-state index in [4.69, 9.17) is 11.6 Å². The van der Waals surface area contributed by atoms with Crippen LogP contribution in [0.1, 0.15) is 24.8 Å². The molecule has 4 nitrogen and oxygen atoms in total. The summed E-state index contributed by atoms with van der Waals surface area (Å²) >= 11 is 5.95. The van der Waals surface area contributed by atoms with Crippen molar-refractivity contribution in [1.29, 1.82) is 0 Å². The lowest BCUT2D eigenvalue weighted by molar-refractivity contribution is 0.135. The second-order valence-electron chi connectivity index (χ2n) is 4.98. The van der Waals surface area contributed by atoms with Crippen molar-refractivity contribution in [1.82, 2.24) is 4.72 Å². The summed E-state index contributed by atoms with van der Waals surface area (Å²) < 4.78 is 26.2. The summed E-state index contributed by atoms with van der Waals surface area (Å²) in [5.74, 6) is 0.0125. The summed E-state index contributed by atoms with van der Waals surface area (Å²) in [7, 11) is -3.51. The molecule has 2 unspecified atom stereocenters. The van der Waals surface area contributed by atoms with E-state index in [1.54, 1.807) is 24.3 Å². The first-order valence-electron chi connectivity index (χ1n) is 6.58. The van der Waals surface area contributed by atoms with Gasteiger partial charge in [-0.2, -0.15) is 0 Å². The molecule has 1 aromatic carbocycles. The van der Waals surface area contributed by atoms with Gasteiger partial charge in [0.1, 0.15) is 0 Å². The van der Waals surface area contributed by atoms with Crippen LogP contribution in [0.3, 0.4) is 0 Å². The van der Waals surface area contributed by atoms with E-state index >= 15 is 0 Å². The Labute approximate surface area is 124 Å². The third-order valence-corrected chi connectivity index (χ3v) is 4.91. The number of benzene rings is 1. The Balaban J connectivity index is 1.95. The Hall–Kier alpha value is -0.880. The van der Waals surface area contributed by atoms with E-state index in [0.717, 1.165) is 24.7 Å². The van der Waals surface area contributed by atoms with Crippen LogP contribution in [0.2, 0.25) is 5.02 Å². The van der Waals surface area contributed by atoms with Crippen LogP contribution in [0.25, 0.3) is 6.08 Å². The van der Waals surface area contributed by atoms with Crippen molar-refractivity contribution in [3.05, 3.63) is 40.3 Å². The van der Waals surface area contributed by atoms with E-state index in [2.05, 4.69) is 4.72 Å². The molecule has 1 aliphatic rings. The third-order valence-electron chi connectivity index (χ3n) is 3.50. The first-order valence-corrected chi connectivity index (χ1v) is 8.51. The topological polar surface area (TPSA) is 66.4 Å². The minimum absolute atomic E-state index is 0.0125. The fourth-order valence-electron chi connectivity index (χ4n) is 2.30. The van der Waals surface area contributed by atoms with Crippen molar-refractivity contribution >= 4 is 27.7 Å². The third kappa shape index (κ3) is 4.31. The lowest BCUT2D eigenvalue weighted by Crippen LogP contribution is -2.31. The summed E-state index contributed by atoms with van der Waals surface area (Å²) in [5, 5.41) is 11.3. The molecule has 2 rings (SSSR count). The minimum atomic E-state index is -3.51. The van der Waals surface area contributed by atoms with Crippen molar-refractivity contribution in [2.45, 2.75) is 25.4 Å². The number of hydrogen-bond donors (Lipinski definition) is 2. The fraction of sp³-hybridized carbons (Fsp3) is 0.429. The van der Waals surface area contributed by atoms with E-state index in [-0.39, 0.29) is 12.5 Å². The van der Waals surface area contributed by atoms with E-state index < -0.39 is 16.1 Å². The summed E-state index contributed by atoms with van der Waals surface area (Å²) in [4.78, 5) is 0. The maximum atomic E-state index is 11.9. The van der Waals surface area contributed by atoms with Gasteiger partial charge in [-0.15, -0.1) is 0 Å². The Kier molecular flexibility index (Phi) is 5.21. The van der Waals surface area contributed by atoms with Gasteiger partial charge in [0.2, 0.25) is 10.0 Å². The zero-order chi connectivity index (χ0) is 14.6. The summed E-state index contributed by atoms with van der Waals surface area (Å²) in [6.45, 7) is 0.274. The molecule has 0 aromatic heterocycles. The minimum Gasteiger partial charge on any atom is -0.393 e. The Bertz CT molecular complexity index is 586. The number of aliphatic hydroxyl groups excluding tert-OH is 1. The van der Waals surface area contributed by atoms with Crippen molar-refractivity contribution in [2.75, 3.05) is 6.54 Å². The number of hydrogen-bond acceptors (Lipinski definition) is 3. The highest BCUT2D eigenvalue weighted by molar-refractivity contribution is 7.92. The number of aliphatic hydroxyl groups is 1. The highest BCUT2D eigenvalue weighted by atomic mass is 35.5. The quantitative estimate of drug-likeness (QED) is 0.876. The molecule has 0 aliphatic heterocycles. The van der Waals surface area contributed by atoms with Crippen LogP contribution in [0, 0.1) is 5.92 Å². The van der Waals surface area contributed by atoms with Crippen LogP contribution in [0.4, 0.5) is 0 Å². The van der Waals surface area contributed by atoms with E-state index in [9.17, 15) is 13.5 Å². The van der Waals surface area contributed by atoms with Gasteiger partial charge in [0, 0.05) is 17.0 Å². The van der Waals surface area contributed by atoms with Crippen LogP contribution in [-0.4, -0.2) is 26.2 Å². The highest BCUT2D eigenvalue weighted by Crippen LogP contribution is 2.24. The molecule has 20 heavy (non-hydrogen) atoms. The van der Waals surface area contributed by atoms with Crippen LogP contribution < -0.4 is 4.72 Å². The zero-order valence-electron chi connectivity index (χ0n) is 11.0. The van der Waals surface area contributed by atoms with Gasteiger partial charge >= 0.3 is 0 Å². The van der Waals surface area contributed by atoms with Crippen molar-refractivity contribution in [3.8, 4) is 0 Å². The lowest BCUT2D eigenvalue weighted by Gasteiger charge is -2.14. The molecule has 110 valence electrons. The molecule has 2 N–H and O–H groups in total. The first-order chi connectivity index (χ1) is 9.48. The van der Waals surface area contributed by atoms with E-state index in [0.29, 0.717) is 10.6 Å². The molecule has 0 bridgehead atoms. The second kappa shape index (κ2) is 6.72. The van der Waals surface area contributed by atoms with Gasteiger partial charge < -0.3 is 5.11 Å². The average Bonchev–Trinajstić information content (AvgIpc) is 2.81. The summed E-state index contributed by atoms with van der Waals surface area (Å²) in [6, 6.07) is 7.03. The zero-order valence-corrected chi connectivity index (χ0v) is 12.6. The first kappa shape index (κ1) is 15.5. The summed E-state index contributed by atoms with van der Waals surface area (Å²) in [5.41, 5.74) is 0.653. The molecule has 0 heterocycles. The van der Waals surface area contributed by atoms with Gasteiger partial charge in [-0.05, 0) is 36.5 Å². The molecular weight excluding hydrogens is 298 g/mol. The van der Waals surface area contributed by atoms with Gasteiger partial charge in [-0.3, -0.25) is 0 Å². The van der Waals surface area contributed by atoms with Gasteiger partial charge in [0.25, 0.3) is 0 Å². The molecule has 2 atom stereocenters. The number of rotatable bonds is 5. The van der Waals surface area contributed by atoms with Gasteiger partial charge in [-0.25, -0.2) is 13.1 Å². The normalized spacial score (nSPS) is 23.5. The Morgan fingerprint density at radius 1 is 1.35 bits per heavy atom. The van der Waals surface area contributed by atoms with Crippen LogP contribution in [-0.2, 0) is 10.0 Å². The molecule has 0 amide bonds. The van der Waals surface area contributed by atoms with E-state index in [1.807, 2.05) is 0 Å². The summed E-state index contributed by atoms with van der Waals surface area (Å²) in [6.07, 6.45) is 3.63. The van der Waals surface area contributed by atoms with Crippen LogP contribution >= 0.6 is 11.6 Å². The number of sulfonamides is 1. The van der Waals surface area contributed by atoms with E-state index in [1.165, 1.54) is 6.08 Å². The van der Waals surface area contributed by atoms with Gasteiger partial charge in [0.15, 0.2) is 0 Å². The lowest BCUT2D eigenvalue weighted by atomic mass is 10.1. The standard InChI is InChI=1S/C14H18ClNO3S/c15-13-6-2-1-4-11(13)8-9-20(18,19)16-10-12-5-3-7-14(12)17/h1-2,4,6,8-9,12,14,16-17H,3,5,7,10H2/b9-8+. The molecule has 1 aliphatic carbocycles. The average molecular weight is 316 g/mol. The van der Waals surface area contributed by atoms with Crippen LogP contribution in [0.5, 0.6) is 0 Å². The highest BCUT2D eigenvalue weighted by Gasteiger charge is 2.25. The molecule has 1 saturated carbocycles. The molecule has 0 saturated heterocycles. The second-order valence-corrected chi connectivity index (χ2v) is 7.03. The predicted molar refractivity (Wildman–Crippen MR) is 80.8 cm³/mol. The Morgan fingerprint density at radius 2 is 2.10 bits per heavy atom. The fourth-order valence-corrected chi connectivity index (χ4v) is 3.37. The number of halogens is 1. The smallest absolute Gasteiger partial charge is 0.233 e. The number of nitrogens with one attached hydrogen (secondary N) is 1. The predicted octanol–water partition coefficient (Wildman–Crippen LogP) is 2.39. The SMILES string of the molecule is O=S(=O)(/C=C/c1ccccc1Cl)NCC1CCCC1O. The molecule has 0 spiro atoms. The van der Waals surface area contributed by atoms with Crippen molar-refractivity contribution < 1.29 is 13.5 Å². The van der Waals surface area contributed by atoms with Gasteiger partial charge in [-0.1, -0.05) is 36.2 Å². The maximum absolute atomic E-state index is 11.9. The van der Waals surface area contributed by atoms with Crippen LogP contribution in [0.15, 0.2) is 29.7 Å². The largest absolute Gasteiger partial charge is 0.393 e. The van der Waals surface area contributed by atoms with Gasteiger partial charge in [0.05, 0.1) is 6.10 Å². The molecule has 6 heteroatoms. The Morgan fingerprint density at radius 3 is 2.75 bits per heavy atom. The molecular formula is C14H18ClNO3S. The molecule has 0 radical (unpaired) electrons. The van der Waals surface area contributed by atoms with Crippen molar-refractivity contribution in [3.63, 3.8) is 0 Å².